The van der Waals surface area contributed by atoms with E-state index in [1.54, 1.807) is 0 Å². The van der Waals surface area contributed by atoms with Crippen LogP contribution in [0.25, 0.3) is 0 Å². The number of morpholine rings is 1. The molecule has 0 spiro atoms. The Morgan fingerprint density at radius 1 is 1.17 bits per heavy atom. The number of benzene rings is 2. The van der Waals surface area contributed by atoms with Crippen molar-refractivity contribution in [1.82, 2.24) is 0 Å². The predicted molar refractivity (Wildman–Crippen MR) is 117 cm³/mol. The van der Waals surface area contributed by atoms with Crippen LogP contribution in [0.4, 0.5) is 11.4 Å². The summed E-state index contributed by atoms with van der Waals surface area (Å²) in [5, 5.41) is 3.06. The summed E-state index contributed by atoms with van der Waals surface area (Å²) in [5.41, 5.74) is 2.50. The third-order valence-corrected chi connectivity index (χ3v) is 6.81. The molecule has 0 unspecified atom stereocenters. The number of hydrogen-bond acceptors (Lipinski definition) is 3. The largest absolute Gasteiger partial charge is 0.378 e. The van der Waals surface area contributed by atoms with Crippen molar-refractivity contribution >= 4 is 78.4 Å². The zero-order chi connectivity index (χ0) is 17.1. The summed E-state index contributed by atoms with van der Waals surface area (Å²) in [4.78, 5) is 15.0. The fraction of sp³-hybridized carbons (Fsp3) is 0.235. The summed E-state index contributed by atoms with van der Waals surface area (Å²) in [5.74, 6) is -0.112. The molecule has 1 aliphatic heterocycles. The van der Waals surface area contributed by atoms with Crippen LogP contribution in [-0.2, 0) is 4.74 Å². The highest BCUT2D eigenvalue weighted by Gasteiger charge is 2.18. The van der Waals surface area contributed by atoms with E-state index >= 15 is 0 Å². The number of anilines is 2. The lowest BCUT2D eigenvalue weighted by Gasteiger charge is -2.30. The Morgan fingerprint density at radius 3 is 2.62 bits per heavy atom. The summed E-state index contributed by atoms with van der Waals surface area (Å²) in [7, 11) is 0. The van der Waals surface area contributed by atoms with Crippen LogP contribution in [-0.4, -0.2) is 32.2 Å². The van der Waals surface area contributed by atoms with Gasteiger partial charge in [0.1, 0.15) is 0 Å². The molecule has 1 N–H and O–H groups in total. The van der Waals surface area contributed by atoms with Crippen LogP contribution in [0.1, 0.15) is 10.4 Å². The molecule has 3 rings (SSSR count). The molecule has 2 aromatic carbocycles. The van der Waals surface area contributed by atoms with E-state index in [4.69, 9.17) is 4.74 Å². The number of para-hydroxylation sites is 2. The van der Waals surface area contributed by atoms with Gasteiger partial charge in [-0.1, -0.05) is 12.1 Å². The van der Waals surface area contributed by atoms with E-state index in [0.717, 1.165) is 36.1 Å². The molecule has 0 aliphatic carbocycles. The Hall–Kier alpha value is -0.390. The highest BCUT2D eigenvalue weighted by atomic mass is 127. The second kappa shape index (κ2) is 8.33. The first-order chi connectivity index (χ1) is 11.6. The van der Waals surface area contributed by atoms with Crippen LogP contribution < -0.4 is 10.2 Å². The van der Waals surface area contributed by atoms with E-state index in [2.05, 4.69) is 71.3 Å². The van der Waals surface area contributed by atoms with Gasteiger partial charge in [-0.15, -0.1) is 0 Å². The molecule has 1 heterocycles. The quantitative estimate of drug-likeness (QED) is 0.402. The molecule has 1 amide bonds. The van der Waals surface area contributed by atoms with Crippen molar-refractivity contribution in [2.45, 2.75) is 0 Å². The average molecular weight is 613 g/mol. The third-order valence-electron chi connectivity index (χ3n) is 3.74. The Balaban J connectivity index is 1.87. The molecule has 0 saturated carbocycles. The third kappa shape index (κ3) is 4.23. The monoisotopic (exact) mass is 612 g/mol. The van der Waals surface area contributed by atoms with Gasteiger partial charge in [-0.05, 0) is 85.4 Å². The van der Waals surface area contributed by atoms with Gasteiger partial charge >= 0.3 is 0 Å². The van der Waals surface area contributed by atoms with E-state index in [9.17, 15) is 4.79 Å². The van der Waals surface area contributed by atoms with Crippen LogP contribution in [0, 0.1) is 7.14 Å². The maximum Gasteiger partial charge on any atom is 0.256 e. The summed E-state index contributed by atoms with van der Waals surface area (Å²) in [6.45, 7) is 3.08. The molecule has 0 radical (unpaired) electrons. The minimum atomic E-state index is -0.112. The zero-order valence-electron chi connectivity index (χ0n) is 12.7. The Labute approximate surface area is 176 Å². The number of carbonyl (C=O) groups excluding carboxylic acids is 1. The van der Waals surface area contributed by atoms with E-state index < -0.39 is 0 Å². The van der Waals surface area contributed by atoms with Crippen LogP contribution in [0.3, 0.4) is 0 Å². The van der Waals surface area contributed by atoms with Crippen LogP contribution >= 0.6 is 61.1 Å². The topological polar surface area (TPSA) is 41.6 Å². The van der Waals surface area contributed by atoms with Gasteiger partial charge in [0.15, 0.2) is 0 Å². The molecule has 7 heteroatoms. The minimum Gasteiger partial charge on any atom is -0.378 e. The van der Waals surface area contributed by atoms with E-state index in [0.29, 0.717) is 18.8 Å². The molecule has 0 bridgehead atoms. The molecule has 1 fully saturated rings. The van der Waals surface area contributed by atoms with Crippen LogP contribution in [0.5, 0.6) is 0 Å². The van der Waals surface area contributed by atoms with E-state index in [1.165, 1.54) is 0 Å². The van der Waals surface area contributed by atoms with Gasteiger partial charge in [0, 0.05) is 24.7 Å². The first-order valence-electron chi connectivity index (χ1n) is 7.44. The second-order valence-corrected chi connectivity index (χ2v) is 8.52. The molecule has 1 saturated heterocycles. The average Bonchev–Trinajstić information content (AvgIpc) is 2.59. The number of carbonyl (C=O) groups is 1. The molecule has 0 atom stereocenters. The van der Waals surface area contributed by atoms with Crippen molar-refractivity contribution in [2.24, 2.45) is 0 Å². The van der Waals surface area contributed by atoms with Gasteiger partial charge in [-0.3, -0.25) is 4.79 Å². The normalized spacial score (nSPS) is 14.5. The number of halogens is 3. The van der Waals surface area contributed by atoms with Gasteiger partial charge in [-0.2, -0.15) is 0 Å². The summed E-state index contributed by atoms with van der Waals surface area (Å²) in [6.07, 6.45) is 0. The molecule has 1 aliphatic rings. The lowest BCUT2D eigenvalue weighted by Crippen LogP contribution is -2.36. The maximum absolute atomic E-state index is 12.8. The highest BCUT2D eigenvalue weighted by molar-refractivity contribution is 14.1. The fourth-order valence-electron chi connectivity index (χ4n) is 2.57. The maximum atomic E-state index is 12.8. The van der Waals surface area contributed by atoms with E-state index in [-0.39, 0.29) is 5.91 Å². The minimum absolute atomic E-state index is 0.112. The molecular weight excluding hydrogens is 598 g/mol. The molecule has 24 heavy (non-hydrogen) atoms. The number of ether oxygens (including phenoxy) is 1. The highest BCUT2D eigenvalue weighted by Crippen LogP contribution is 2.30. The Kier molecular flexibility index (Phi) is 6.38. The summed E-state index contributed by atoms with van der Waals surface area (Å²) >= 11 is 7.98. The van der Waals surface area contributed by atoms with Crippen LogP contribution in [0.2, 0.25) is 0 Å². The Bertz CT molecular complexity index is 764. The summed E-state index contributed by atoms with van der Waals surface area (Å²) in [6, 6.07) is 11.8. The smallest absolute Gasteiger partial charge is 0.256 e. The van der Waals surface area contributed by atoms with Crippen molar-refractivity contribution in [3.8, 4) is 0 Å². The predicted octanol–water partition coefficient (Wildman–Crippen LogP) is 4.75. The van der Waals surface area contributed by atoms with Crippen molar-refractivity contribution in [2.75, 3.05) is 36.5 Å². The number of rotatable bonds is 3. The number of amides is 1. The zero-order valence-corrected chi connectivity index (χ0v) is 18.6. The second-order valence-electron chi connectivity index (χ2n) is 5.32. The first kappa shape index (κ1) is 18.4. The fourth-order valence-corrected chi connectivity index (χ4v) is 4.82. The summed E-state index contributed by atoms with van der Waals surface area (Å²) < 4.78 is 8.29. The molecule has 2 aromatic rings. The first-order valence-corrected chi connectivity index (χ1v) is 10.4. The SMILES string of the molecule is O=C(Nc1ccccc1N1CCOCC1)c1cc(I)cc(I)c1Br. The number of nitrogens with one attached hydrogen (secondary N) is 1. The lowest BCUT2D eigenvalue weighted by molar-refractivity contribution is 0.102. The van der Waals surface area contributed by atoms with Crippen molar-refractivity contribution in [3.05, 3.63) is 53.6 Å². The number of nitrogens with zero attached hydrogens (tertiary/aromatic N) is 1. The molecule has 4 nitrogen and oxygen atoms in total. The molecular formula is C17H15BrI2N2O2. The molecule has 126 valence electrons. The van der Waals surface area contributed by atoms with Gasteiger partial charge in [0.05, 0.1) is 30.2 Å². The number of hydrogen-bond donors (Lipinski definition) is 1. The lowest BCUT2D eigenvalue weighted by atomic mass is 10.2. The standard InChI is InChI=1S/C17H15BrI2N2O2/c18-16-12(9-11(19)10-13(16)20)17(23)21-14-3-1-2-4-15(14)22-5-7-24-8-6-22/h1-4,9-10H,5-8H2,(H,21,23). The van der Waals surface area contributed by atoms with Gasteiger partial charge < -0.3 is 15.0 Å². The van der Waals surface area contributed by atoms with Gasteiger partial charge in [0.25, 0.3) is 5.91 Å². The van der Waals surface area contributed by atoms with Crippen LogP contribution in [0.15, 0.2) is 40.9 Å². The van der Waals surface area contributed by atoms with Crippen molar-refractivity contribution in [1.29, 1.82) is 0 Å². The Morgan fingerprint density at radius 2 is 1.88 bits per heavy atom. The molecule has 0 aromatic heterocycles. The van der Waals surface area contributed by atoms with E-state index in [1.807, 2.05) is 36.4 Å². The van der Waals surface area contributed by atoms with Gasteiger partial charge in [-0.25, -0.2) is 0 Å². The van der Waals surface area contributed by atoms with Crippen molar-refractivity contribution < 1.29 is 9.53 Å². The van der Waals surface area contributed by atoms with Crippen molar-refractivity contribution in [3.63, 3.8) is 0 Å². The van der Waals surface area contributed by atoms with Gasteiger partial charge in [0.2, 0.25) is 0 Å².